The minimum atomic E-state index is -1.53. The van der Waals surface area contributed by atoms with E-state index in [1.165, 1.54) is 30.3 Å². The molecule has 0 saturated carbocycles. The molecule has 1 aliphatic rings. The lowest BCUT2D eigenvalue weighted by atomic mass is 9.98. The zero-order chi connectivity index (χ0) is 35.7. The Labute approximate surface area is 280 Å². The van der Waals surface area contributed by atoms with Crippen LogP contribution in [0.15, 0.2) is 57.7 Å². The standard InChI is InChI=1S/C34H36O15/c1-6-7-15-41-27-24-14-13-23(16-25(24)47-33(40)30(27)49-32(39)22-11-9-8-10-12-22)46-34-31(45-21(5)38)29(44-20(4)37)28(43-19(3)36)26(48-34)17-42-18(2)35/h8-14,16,26,28-29,31,34H,6-7,15,17H2,1-5H3/t26-,28-,29+,31-,34-/m1/s1. The fourth-order valence-electron chi connectivity index (χ4n) is 4.90. The molecule has 49 heavy (non-hydrogen) atoms. The number of rotatable bonds is 13. The van der Waals surface area contributed by atoms with E-state index in [1.54, 1.807) is 18.2 Å². The van der Waals surface area contributed by atoms with Gasteiger partial charge >= 0.3 is 35.5 Å². The molecule has 15 heteroatoms. The molecule has 0 spiro atoms. The Kier molecular flexibility index (Phi) is 12.3. The summed E-state index contributed by atoms with van der Waals surface area (Å²) < 4.78 is 50.3. The van der Waals surface area contributed by atoms with E-state index < -0.39 is 78.5 Å². The average molecular weight is 685 g/mol. The molecule has 1 saturated heterocycles. The normalized spacial score (nSPS) is 20.1. The van der Waals surface area contributed by atoms with Crippen molar-refractivity contribution in [2.24, 2.45) is 0 Å². The summed E-state index contributed by atoms with van der Waals surface area (Å²) in [6, 6.07) is 12.3. The third-order valence-electron chi connectivity index (χ3n) is 6.94. The van der Waals surface area contributed by atoms with Crippen LogP contribution in [-0.4, -0.2) is 73.8 Å². The zero-order valence-electron chi connectivity index (χ0n) is 27.5. The number of esters is 5. The molecule has 2 heterocycles. The minimum Gasteiger partial charge on any atom is -0.489 e. The zero-order valence-corrected chi connectivity index (χ0v) is 27.5. The second kappa shape index (κ2) is 16.6. The average Bonchev–Trinajstić information content (AvgIpc) is 3.04. The van der Waals surface area contributed by atoms with Crippen LogP contribution in [-0.2, 0) is 42.9 Å². The highest BCUT2D eigenvalue weighted by molar-refractivity contribution is 5.93. The smallest absolute Gasteiger partial charge is 0.383 e. The van der Waals surface area contributed by atoms with Crippen LogP contribution in [0.5, 0.6) is 17.2 Å². The summed E-state index contributed by atoms with van der Waals surface area (Å²) in [6.07, 6.45) is -5.67. The van der Waals surface area contributed by atoms with Crippen LogP contribution in [0, 0.1) is 0 Å². The van der Waals surface area contributed by atoms with E-state index >= 15 is 0 Å². The van der Waals surface area contributed by atoms with Crippen molar-refractivity contribution >= 4 is 40.8 Å². The van der Waals surface area contributed by atoms with Gasteiger partial charge in [0.05, 0.1) is 17.6 Å². The number of fused-ring (bicyclic) bond motifs is 1. The lowest BCUT2D eigenvalue weighted by Gasteiger charge is -2.43. The third-order valence-corrected chi connectivity index (χ3v) is 6.94. The van der Waals surface area contributed by atoms with Gasteiger partial charge in [0.15, 0.2) is 18.0 Å². The quantitative estimate of drug-likeness (QED) is 0.110. The Morgan fingerprint density at radius 3 is 2.06 bits per heavy atom. The van der Waals surface area contributed by atoms with Crippen molar-refractivity contribution in [2.45, 2.75) is 78.2 Å². The van der Waals surface area contributed by atoms with Gasteiger partial charge in [0.25, 0.3) is 5.75 Å². The SMILES string of the molecule is CCCCOc1c(OC(=O)c2ccccc2)c(=O)oc2cc(O[C@@H]3O[C@H](COC(C)=O)[C@@H](OC(C)=O)[C@H](OC(C)=O)[C@H]3OC(C)=O)ccc12. The monoisotopic (exact) mass is 684 g/mol. The summed E-state index contributed by atoms with van der Waals surface area (Å²) >= 11 is 0. The number of hydrogen-bond acceptors (Lipinski definition) is 15. The molecular formula is C34H36O15. The number of ether oxygens (including phenoxy) is 8. The van der Waals surface area contributed by atoms with E-state index in [0.717, 1.165) is 34.1 Å². The Hall–Kier alpha value is -5.44. The van der Waals surface area contributed by atoms with Crippen molar-refractivity contribution in [2.75, 3.05) is 13.2 Å². The predicted molar refractivity (Wildman–Crippen MR) is 167 cm³/mol. The van der Waals surface area contributed by atoms with E-state index in [1.807, 2.05) is 6.92 Å². The third kappa shape index (κ3) is 9.56. The topological polar surface area (TPSA) is 189 Å². The molecule has 15 nitrogen and oxygen atoms in total. The van der Waals surface area contributed by atoms with Gasteiger partial charge in [-0.25, -0.2) is 9.59 Å². The Morgan fingerprint density at radius 1 is 0.776 bits per heavy atom. The van der Waals surface area contributed by atoms with Gasteiger partial charge in [-0.2, -0.15) is 0 Å². The second-order valence-electron chi connectivity index (χ2n) is 10.8. The first-order chi connectivity index (χ1) is 23.4. The first-order valence-electron chi connectivity index (χ1n) is 15.4. The number of benzene rings is 2. The molecule has 0 bridgehead atoms. The van der Waals surface area contributed by atoms with Crippen LogP contribution in [0.2, 0.25) is 0 Å². The molecule has 1 aliphatic heterocycles. The molecule has 0 amide bonds. The molecule has 0 aliphatic carbocycles. The van der Waals surface area contributed by atoms with Crippen molar-refractivity contribution in [3.8, 4) is 17.2 Å². The predicted octanol–water partition coefficient (Wildman–Crippen LogP) is 3.65. The fraction of sp³-hybridized carbons (Fsp3) is 0.412. The maximum atomic E-state index is 13.2. The van der Waals surface area contributed by atoms with Crippen LogP contribution >= 0.6 is 0 Å². The molecular weight excluding hydrogens is 648 g/mol. The van der Waals surface area contributed by atoms with Crippen molar-refractivity contribution in [3.05, 3.63) is 64.5 Å². The fourth-order valence-corrected chi connectivity index (χ4v) is 4.90. The Balaban J connectivity index is 1.74. The van der Waals surface area contributed by atoms with Gasteiger partial charge in [-0.1, -0.05) is 31.5 Å². The molecule has 0 radical (unpaired) electrons. The lowest BCUT2D eigenvalue weighted by Crippen LogP contribution is -2.63. The van der Waals surface area contributed by atoms with Gasteiger partial charge in [0.2, 0.25) is 12.4 Å². The number of hydrogen-bond donors (Lipinski definition) is 0. The first kappa shape index (κ1) is 36.4. The molecule has 2 aromatic carbocycles. The van der Waals surface area contributed by atoms with Gasteiger partial charge in [-0.05, 0) is 30.7 Å². The summed E-state index contributed by atoms with van der Waals surface area (Å²) in [7, 11) is 0. The first-order valence-corrected chi connectivity index (χ1v) is 15.4. The van der Waals surface area contributed by atoms with E-state index in [2.05, 4.69) is 0 Å². The van der Waals surface area contributed by atoms with Gasteiger partial charge < -0.3 is 42.3 Å². The maximum absolute atomic E-state index is 13.2. The second-order valence-corrected chi connectivity index (χ2v) is 10.8. The number of carbonyl (C=O) groups is 5. The Bertz CT molecular complexity index is 1730. The summed E-state index contributed by atoms with van der Waals surface area (Å²) in [5.74, 6) is -4.32. The van der Waals surface area contributed by atoms with Crippen molar-refractivity contribution in [1.82, 2.24) is 0 Å². The van der Waals surface area contributed by atoms with Gasteiger partial charge in [-0.15, -0.1) is 0 Å². The van der Waals surface area contributed by atoms with E-state index in [-0.39, 0.29) is 34.6 Å². The van der Waals surface area contributed by atoms with Crippen LogP contribution in [0.1, 0.15) is 57.8 Å². The molecule has 0 N–H and O–H groups in total. The highest BCUT2D eigenvalue weighted by Crippen LogP contribution is 2.37. The highest BCUT2D eigenvalue weighted by atomic mass is 16.7. The van der Waals surface area contributed by atoms with Crippen molar-refractivity contribution < 1.29 is 66.3 Å². The lowest BCUT2D eigenvalue weighted by molar-refractivity contribution is -0.288. The van der Waals surface area contributed by atoms with Gasteiger partial charge in [0, 0.05) is 33.8 Å². The van der Waals surface area contributed by atoms with E-state index in [9.17, 15) is 28.8 Å². The van der Waals surface area contributed by atoms with Crippen molar-refractivity contribution in [3.63, 3.8) is 0 Å². The van der Waals surface area contributed by atoms with Gasteiger partial charge in [0.1, 0.15) is 24.0 Å². The molecule has 3 aromatic rings. The minimum absolute atomic E-state index is 0.0186. The van der Waals surface area contributed by atoms with Gasteiger partial charge in [-0.3, -0.25) is 19.2 Å². The van der Waals surface area contributed by atoms with Crippen LogP contribution in [0.4, 0.5) is 0 Å². The van der Waals surface area contributed by atoms with E-state index in [0.29, 0.717) is 6.42 Å². The molecule has 5 atom stereocenters. The summed E-state index contributed by atoms with van der Waals surface area (Å²) in [4.78, 5) is 74.0. The van der Waals surface area contributed by atoms with Crippen molar-refractivity contribution in [1.29, 1.82) is 0 Å². The molecule has 1 fully saturated rings. The molecule has 1 aromatic heterocycles. The maximum Gasteiger partial charge on any atom is 0.383 e. The largest absolute Gasteiger partial charge is 0.489 e. The van der Waals surface area contributed by atoms with E-state index in [4.69, 9.17) is 42.3 Å². The number of unbranched alkanes of at least 4 members (excludes halogenated alkanes) is 1. The summed E-state index contributed by atoms with van der Waals surface area (Å²) in [5, 5.41) is 0.264. The van der Waals surface area contributed by atoms with Crippen LogP contribution < -0.4 is 19.8 Å². The Morgan fingerprint density at radius 2 is 1.43 bits per heavy atom. The summed E-state index contributed by atoms with van der Waals surface area (Å²) in [5.41, 5.74) is -0.832. The van der Waals surface area contributed by atoms with Crippen LogP contribution in [0.25, 0.3) is 11.0 Å². The number of carbonyl (C=O) groups excluding carboxylic acids is 5. The van der Waals surface area contributed by atoms with Crippen LogP contribution in [0.3, 0.4) is 0 Å². The molecule has 262 valence electrons. The summed E-state index contributed by atoms with van der Waals surface area (Å²) in [6.45, 7) is 6.16. The highest BCUT2D eigenvalue weighted by Gasteiger charge is 2.53. The molecule has 4 rings (SSSR count). The molecule has 0 unspecified atom stereocenters.